The summed E-state index contributed by atoms with van der Waals surface area (Å²) in [6.45, 7) is 2.81. The summed E-state index contributed by atoms with van der Waals surface area (Å²) in [4.78, 5) is 0. The van der Waals surface area contributed by atoms with Crippen LogP contribution < -0.4 is 10.6 Å². The standard InChI is InChI=1S/C16H17ClN2/c17-15-6-4-12(5-7-15)10-18-11-14-3-1-2-13-8-9-19-16(13)14/h1-7,18-19H,8-11H2. The summed E-state index contributed by atoms with van der Waals surface area (Å²) in [5, 5.41) is 7.74. The second-order valence-corrected chi connectivity index (χ2v) is 5.29. The van der Waals surface area contributed by atoms with Crippen LogP contribution in [0.3, 0.4) is 0 Å². The number of para-hydroxylation sites is 1. The molecular weight excluding hydrogens is 256 g/mol. The van der Waals surface area contributed by atoms with Crippen LogP contribution >= 0.6 is 11.6 Å². The molecule has 3 rings (SSSR count). The Morgan fingerprint density at radius 1 is 1.05 bits per heavy atom. The zero-order chi connectivity index (χ0) is 13.1. The normalized spacial score (nSPS) is 13.1. The van der Waals surface area contributed by atoms with E-state index in [1.54, 1.807) is 0 Å². The number of fused-ring (bicyclic) bond motifs is 1. The van der Waals surface area contributed by atoms with Gasteiger partial charge in [0.2, 0.25) is 0 Å². The number of hydrogen-bond donors (Lipinski definition) is 2. The molecule has 2 aromatic rings. The van der Waals surface area contributed by atoms with Crippen LogP contribution in [0.2, 0.25) is 5.02 Å². The molecule has 0 saturated carbocycles. The van der Waals surface area contributed by atoms with Crippen molar-refractivity contribution in [2.75, 3.05) is 11.9 Å². The molecular formula is C16H17ClN2. The Balaban J connectivity index is 1.61. The zero-order valence-electron chi connectivity index (χ0n) is 10.7. The van der Waals surface area contributed by atoms with Crippen LogP contribution in [0, 0.1) is 0 Å². The maximum absolute atomic E-state index is 5.88. The predicted octanol–water partition coefficient (Wildman–Crippen LogP) is 3.60. The predicted molar refractivity (Wildman–Crippen MR) is 80.6 cm³/mol. The van der Waals surface area contributed by atoms with Crippen molar-refractivity contribution < 1.29 is 0 Å². The molecule has 98 valence electrons. The van der Waals surface area contributed by atoms with Crippen molar-refractivity contribution in [3.63, 3.8) is 0 Å². The average Bonchev–Trinajstić information content (AvgIpc) is 2.90. The summed E-state index contributed by atoms with van der Waals surface area (Å²) in [6, 6.07) is 14.5. The van der Waals surface area contributed by atoms with Gasteiger partial charge in [-0.25, -0.2) is 0 Å². The van der Waals surface area contributed by atoms with Gasteiger partial charge in [0.15, 0.2) is 0 Å². The Hall–Kier alpha value is -1.51. The van der Waals surface area contributed by atoms with Gasteiger partial charge in [0.05, 0.1) is 0 Å². The van der Waals surface area contributed by atoms with Gasteiger partial charge in [-0.2, -0.15) is 0 Å². The largest absolute Gasteiger partial charge is 0.384 e. The van der Waals surface area contributed by atoms with Crippen LogP contribution in [0.4, 0.5) is 5.69 Å². The smallest absolute Gasteiger partial charge is 0.0419 e. The minimum Gasteiger partial charge on any atom is -0.384 e. The number of nitrogens with one attached hydrogen (secondary N) is 2. The van der Waals surface area contributed by atoms with Crippen molar-refractivity contribution >= 4 is 17.3 Å². The van der Waals surface area contributed by atoms with E-state index in [0.717, 1.165) is 31.1 Å². The topological polar surface area (TPSA) is 24.1 Å². The lowest BCUT2D eigenvalue weighted by Crippen LogP contribution is -2.13. The highest BCUT2D eigenvalue weighted by Gasteiger charge is 2.12. The summed E-state index contributed by atoms with van der Waals surface area (Å²) < 4.78 is 0. The first-order valence-corrected chi connectivity index (χ1v) is 7.00. The molecule has 2 aromatic carbocycles. The van der Waals surface area contributed by atoms with E-state index in [-0.39, 0.29) is 0 Å². The SMILES string of the molecule is Clc1ccc(CNCc2cccc3c2NCC3)cc1. The lowest BCUT2D eigenvalue weighted by atomic mass is 10.1. The fourth-order valence-corrected chi connectivity index (χ4v) is 2.63. The van der Waals surface area contributed by atoms with Crippen molar-refractivity contribution in [3.8, 4) is 0 Å². The van der Waals surface area contributed by atoms with Gasteiger partial charge in [0.25, 0.3) is 0 Å². The van der Waals surface area contributed by atoms with Crippen LogP contribution in [0.1, 0.15) is 16.7 Å². The van der Waals surface area contributed by atoms with Gasteiger partial charge in [-0.15, -0.1) is 0 Å². The molecule has 0 radical (unpaired) electrons. The molecule has 0 spiro atoms. The number of anilines is 1. The first kappa shape index (κ1) is 12.5. The molecule has 1 aliphatic heterocycles. The first-order valence-electron chi connectivity index (χ1n) is 6.63. The molecule has 0 amide bonds. The lowest BCUT2D eigenvalue weighted by molar-refractivity contribution is 0.694. The molecule has 2 N–H and O–H groups in total. The Bertz CT molecular complexity index is 563. The molecule has 0 atom stereocenters. The van der Waals surface area contributed by atoms with Crippen LogP contribution in [-0.4, -0.2) is 6.54 Å². The zero-order valence-corrected chi connectivity index (χ0v) is 11.5. The van der Waals surface area contributed by atoms with Crippen LogP contribution in [-0.2, 0) is 19.5 Å². The highest BCUT2D eigenvalue weighted by molar-refractivity contribution is 6.30. The van der Waals surface area contributed by atoms with E-state index in [9.17, 15) is 0 Å². The molecule has 0 saturated heterocycles. The highest BCUT2D eigenvalue weighted by atomic mass is 35.5. The number of rotatable bonds is 4. The van der Waals surface area contributed by atoms with E-state index < -0.39 is 0 Å². The molecule has 19 heavy (non-hydrogen) atoms. The molecule has 1 heterocycles. The van der Waals surface area contributed by atoms with Gasteiger partial charge in [-0.1, -0.05) is 41.9 Å². The van der Waals surface area contributed by atoms with E-state index in [0.29, 0.717) is 0 Å². The Morgan fingerprint density at radius 2 is 1.89 bits per heavy atom. The monoisotopic (exact) mass is 272 g/mol. The molecule has 0 aromatic heterocycles. The Kier molecular flexibility index (Phi) is 3.72. The van der Waals surface area contributed by atoms with Gasteiger partial charge < -0.3 is 10.6 Å². The van der Waals surface area contributed by atoms with Crippen molar-refractivity contribution in [2.45, 2.75) is 19.5 Å². The van der Waals surface area contributed by atoms with Gasteiger partial charge in [0, 0.05) is 30.3 Å². The summed E-state index contributed by atoms with van der Waals surface area (Å²) in [5.41, 5.74) is 5.37. The first-order chi connectivity index (χ1) is 9.33. The molecule has 0 unspecified atom stereocenters. The summed E-state index contributed by atoms with van der Waals surface area (Å²) in [6.07, 6.45) is 1.14. The third kappa shape index (κ3) is 2.91. The fourth-order valence-electron chi connectivity index (χ4n) is 2.50. The van der Waals surface area contributed by atoms with E-state index >= 15 is 0 Å². The summed E-state index contributed by atoms with van der Waals surface area (Å²) in [7, 11) is 0. The van der Waals surface area contributed by atoms with E-state index in [4.69, 9.17) is 11.6 Å². The maximum Gasteiger partial charge on any atom is 0.0419 e. The second kappa shape index (κ2) is 5.64. The van der Waals surface area contributed by atoms with Crippen LogP contribution in [0.5, 0.6) is 0 Å². The average molecular weight is 273 g/mol. The highest BCUT2D eigenvalue weighted by Crippen LogP contribution is 2.26. The van der Waals surface area contributed by atoms with Crippen molar-refractivity contribution in [2.24, 2.45) is 0 Å². The van der Waals surface area contributed by atoms with Gasteiger partial charge in [-0.3, -0.25) is 0 Å². The number of hydrogen-bond acceptors (Lipinski definition) is 2. The third-order valence-corrected chi connectivity index (χ3v) is 3.74. The number of halogens is 1. The molecule has 0 aliphatic carbocycles. The molecule has 1 aliphatic rings. The molecule has 3 heteroatoms. The van der Waals surface area contributed by atoms with Crippen molar-refractivity contribution in [1.29, 1.82) is 0 Å². The Morgan fingerprint density at radius 3 is 2.74 bits per heavy atom. The van der Waals surface area contributed by atoms with E-state index in [1.165, 1.54) is 22.4 Å². The van der Waals surface area contributed by atoms with Gasteiger partial charge in [-0.05, 0) is 35.2 Å². The van der Waals surface area contributed by atoms with Crippen molar-refractivity contribution in [3.05, 3.63) is 64.2 Å². The molecule has 0 bridgehead atoms. The van der Waals surface area contributed by atoms with Gasteiger partial charge >= 0.3 is 0 Å². The maximum atomic E-state index is 5.88. The number of benzene rings is 2. The second-order valence-electron chi connectivity index (χ2n) is 4.86. The van der Waals surface area contributed by atoms with Crippen LogP contribution in [0.25, 0.3) is 0 Å². The summed E-state index contributed by atoms with van der Waals surface area (Å²) >= 11 is 5.88. The molecule has 0 fully saturated rings. The molecule has 2 nitrogen and oxygen atoms in total. The van der Waals surface area contributed by atoms with Gasteiger partial charge in [0.1, 0.15) is 0 Å². The van der Waals surface area contributed by atoms with E-state index in [1.807, 2.05) is 12.1 Å². The summed E-state index contributed by atoms with van der Waals surface area (Å²) in [5.74, 6) is 0. The minimum atomic E-state index is 0.786. The minimum absolute atomic E-state index is 0.786. The van der Waals surface area contributed by atoms with Crippen molar-refractivity contribution in [1.82, 2.24) is 5.32 Å². The lowest BCUT2D eigenvalue weighted by Gasteiger charge is -2.10. The van der Waals surface area contributed by atoms with Crippen LogP contribution in [0.15, 0.2) is 42.5 Å². The van der Waals surface area contributed by atoms with E-state index in [2.05, 4.69) is 41.0 Å². The Labute approximate surface area is 118 Å². The third-order valence-electron chi connectivity index (χ3n) is 3.49. The fraction of sp³-hybridized carbons (Fsp3) is 0.250. The quantitative estimate of drug-likeness (QED) is 0.889.